The van der Waals surface area contributed by atoms with Crippen LogP contribution in [0.3, 0.4) is 0 Å². The maximum atomic E-state index is 13.9. The SMILES string of the molecule is CCc1cccnc1NC(=S)NCCc1c(F)cc(OC)cc1F. The second-order valence-corrected chi connectivity index (χ2v) is 5.47. The minimum Gasteiger partial charge on any atom is -0.497 e. The van der Waals surface area contributed by atoms with Gasteiger partial charge in [-0.05, 0) is 36.7 Å². The molecule has 128 valence electrons. The third-order valence-electron chi connectivity index (χ3n) is 3.51. The zero-order valence-electron chi connectivity index (χ0n) is 13.5. The number of hydrogen-bond donors (Lipinski definition) is 2. The molecule has 0 aliphatic heterocycles. The van der Waals surface area contributed by atoms with Crippen molar-refractivity contribution in [3.63, 3.8) is 0 Å². The lowest BCUT2D eigenvalue weighted by Gasteiger charge is -2.13. The van der Waals surface area contributed by atoms with Crippen molar-refractivity contribution in [2.24, 2.45) is 0 Å². The molecule has 4 nitrogen and oxygen atoms in total. The summed E-state index contributed by atoms with van der Waals surface area (Å²) in [7, 11) is 1.36. The van der Waals surface area contributed by atoms with Crippen molar-refractivity contribution < 1.29 is 13.5 Å². The highest BCUT2D eigenvalue weighted by Gasteiger charge is 2.12. The van der Waals surface area contributed by atoms with Crippen LogP contribution in [0.2, 0.25) is 0 Å². The van der Waals surface area contributed by atoms with Crippen molar-refractivity contribution >= 4 is 23.1 Å². The van der Waals surface area contributed by atoms with E-state index in [-0.39, 0.29) is 17.7 Å². The monoisotopic (exact) mass is 351 g/mol. The van der Waals surface area contributed by atoms with Crippen LogP contribution in [0.5, 0.6) is 5.75 Å². The number of pyridine rings is 1. The number of aromatic nitrogens is 1. The smallest absolute Gasteiger partial charge is 0.171 e. The number of aryl methyl sites for hydroxylation is 1. The largest absolute Gasteiger partial charge is 0.497 e. The Morgan fingerprint density at radius 3 is 2.62 bits per heavy atom. The Morgan fingerprint density at radius 1 is 1.29 bits per heavy atom. The van der Waals surface area contributed by atoms with Crippen LogP contribution in [0, 0.1) is 11.6 Å². The van der Waals surface area contributed by atoms with Gasteiger partial charge in [0.2, 0.25) is 0 Å². The van der Waals surface area contributed by atoms with Gasteiger partial charge in [-0.1, -0.05) is 13.0 Å². The number of methoxy groups -OCH3 is 1. The van der Waals surface area contributed by atoms with Gasteiger partial charge in [-0.2, -0.15) is 0 Å². The van der Waals surface area contributed by atoms with Gasteiger partial charge in [-0.25, -0.2) is 13.8 Å². The molecule has 2 rings (SSSR count). The first-order chi connectivity index (χ1) is 11.5. The van der Waals surface area contributed by atoms with E-state index in [0.29, 0.717) is 17.5 Å². The van der Waals surface area contributed by atoms with Crippen LogP contribution in [-0.4, -0.2) is 23.8 Å². The van der Waals surface area contributed by atoms with Crippen molar-refractivity contribution in [2.75, 3.05) is 19.0 Å². The Kier molecular flexibility index (Phi) is 6.43. The summed E-state index contributed by atoms with van der Waals surface area (Å²) in [5.74, 6) is -0.434. The van der Waals surface area contributed by atoms with E-state index in [4.69, 9.17) is 17.0 Å². The molecule has 1 heterocycles. The van der Waals surface area contributed by atoms with Gasteiger partial charge in [0.15, 0.2) is 5.11 Å². The molecule has 7 heteroatoms. The van der Waals surface area contributed by atoms with Gasteiger partial charge in [0.1, 0.15) is 23.2 Å². The summed E-state index contributed by atoms with van der Waals surface area (Å²) >= 11 is 5.19. The summed E-state index contributed by atoms with van der Waals surface area (Å²) in [6.07, 6.45) is 2.65. The fraction of sp³-hybridized carbons (Fsp3) is 0.294. The maximum Gasteiger partial charge on any atom is 0.171 e. The molecule has 1 aromatic heterocycles. The second kappa shape index (κ2) is 8.54. The second-order valence-electron chi connectivity index (χ2n) is 5.07. The molecular formula is C17H19F2N3OS. The Morgan fingerprint density at radius 2 is 2.00 bits per heavy atom. The van der Waals surface area contributed by atoms with Crippen LogP contribution in [0.4, 0.5) is 14.6 Å². The first-order valence-corrected chi connectivity index (χ1v) is 7.96. The number of thiocarbonyl (C=S) groups is 1. The molecule has 0 bridgehead atoms. The first kappa shape index (κ1) is 18.1. The molecule has 1 aromatic carbocycles. The lowest BCUT2D eigenvalue weighted by atomic mass is 10.1. The van der Waals surface area contributed by atoms with Crippen LogP contribution in [0.1, 0.15) is 18.1 Å². The van der Waals surface area contributed by atoms with E-state index >= 15 is 0 Å². The average molecular weight is 351 g/mol. The quantitative estimate of drug-likeness (QED) is 0.781. The van der Waals surface area contributed by atoms with E-state index < -0.39 is 11.6 Å². The summed E-state index contributed by atoms with van der Waals surface area (Å²) in [5, 5.41) is 6.29. The third kappa shape index (κ3) is 4.61. The van der Waals surface area contributed by atoms with Crippen LogP contribution < -0.4 is 15.4 Å². The van der Waals surface area contributed by atoms with Gasteiger partial charge in [-0.15, -0.1) is 0 Å². The van der Waals surface area contributed by atoms with Crippen molar-refractivity contribution in [3.05, 3.63) is 53.2 Å². The number of benzene rings is 1. The van der Waals surface area contributed by atoms with Crippen molar-refractivity contribution in [1.82, 2.24) is 10.3 Å². The zero-order chi connectivity index (χ0) is 17.5. The molecule has 2 aromatic rings. The predicted molar refractivity (Wildman–Crippen MR) is 94.5 cm³/mol. The number of nitrogens with zero attached hydrogens (tertiary/aromatic N) is 1. The Balaban J connectivity index is 1.91. The first-order valence-electron chi connectivity index (χ1n) is 7.55. The summed E-state index contributed by atoms with van der Waals surface area (Å²) < 4.78 is 32.6. The maximum absolute atomic E-state index is 13.9. The van der Waals surface area contributed by atoms with Gasteiger partial charge in [-0.3, -0.25) is 0 Å². The van der Waals surface area contributed by atoms with Crippen LogP contribution in [0.15, 0.2) is 30.5 Å². The Bertz CT molecular complexity index is 702. The molecule has 0 saturated heterocycles. The number of anilines is 1. The number of hydrogen-bond acceptors (Lipinski definition) is 3. The normalized spacial score (nSPS) is 10.3. The van der Waals surface area contributed by atoms with Crippen LogP contribution in [-0.2, 0) is 12.8 Å². The number of ether oxygens (including phenoxy) is 1. The molecular weight excluding hydrogens is 332 g/mol. The number of nitrogens with one attached hydrogen (secondary N) is 2. The van der Waals surface area contributed by atoms with Gasteiger partial charge < -0.3 is 15.4 Å². The van der Waals surface area contributed by atoms with Crippen LogP contribution >= 0.6 is 12.2 Å². The van der Waals surface area contributed by atoms with E-state index in [2.05, 4.69) is 15.6 Å². The standard InChI is InChI=1S/C17H19F2N3OS/c1-3-11-5-4-7-20-16(11)22-17(24)21-8-6-13-14(18)9-12(23-2)10-15(13)19/h4-5,7,9-10H,3,6,8H2,1-2H3,(H2,20,21,22,24). The fourth-order valence-electron chi connectivity index (χ4n) is 2.23. The molecule has 0 amide bonds. The third-order valence-corrected chi connectivity index (χ3v) is 3.76. The Labute approximate surface area is 145 Å². The topological polar surface area (TPSA) is 46.2 Å². The predicted octanol–water partition coefficient (Wildman–Crippen LogP) is 3.46. The lowest BCUT2D eigenvalue weighted by molar-refractivity contribution is 0.405. The van der Waals surface area contributed by atoms with Gasteiger partial charge in [0.05, 0.1) is 7.11 Å². The Hall–Kier alpha value is -2.28. The van der Waals surface area contributed by atoms with Gasteiger partial charge in [0.25, 0.3) is 0 Å². The van der Waals surface area contributed by atoms with E-state index in [1.165, 1.54) is 7.11 Å². The highest BCUT2D eigenvalue weighted by atomic mass is 32.1. The molecule has 2 N–H and O–H groups in total. The molecule has 0 spiro atoms. The summed E-state index contributed by atoms with van der Waals surface area (Å²) in [4.78, 5) is 4.23. The minimum atomic E-state index is -0.634. The average Bonchev–Trinajstić information content (AvgIpc) is 2.57. The van der Waals surface area contributed by atoms with Gasteiger partial charge >= 0.3 is 0 Å². The molecule has 0 atom stereocenters. The molecule has 0 aliphatic rings. The molecule has 0 unspecified atom stereocenters. The van der Waals surface area contributed by atoms with E-state index in [1.807, 2.05) is 19.1 Å². The van der Waals surface area contributed by atoms with Gasteiger partial charge in [0, 0.05) is 30.4 Å². The van der Waals surface area contributed by atoms with E-state index in [9.17, 15) is 8.78 Å². The summed E-state index contributed by atoms with van der Waals surface area (Å²) in [5.41, 5.74) is 1.03. The molecule has 24 heavy (non-hydrogen) atoms. The fourth-order valence-corrected chi connectivity index (χ4v) is 2.42. The lowest BCUT2D eigenvalue weighted by Crippen LogP contribution is -2.31. The highest BCUT2D eigenvalue weighted by Crippen LogP contribution is 2.20. The molecule has 0 radical (unpaired) electrons. The summed E-state index contributed by atoms with van der Waals surface area (Å²) in [6, 6.07) is 6.14. The van der Waals surface area contributed by atoms with Crippen LogP contribution in [0.25, 0.3) is 0 Å². The zero-order valence-corrected chi connectivity index (χ0v) is 14.3. The van der Waals surface area contributed by atoms with Crippen molar-refractivity contribution in [3.8, 4) is 5.75 Å². The van der Waals surface area contributed by atoms with E-state index in [0.717, 1.165) is 24.1 Å². The van der Waals surface area contributed by atoms with Crippen molar-refractivity contribution in [1.29, 1.82) is 0 Å². The minimum absolute atomic E-state index is 0.00168. The number of halogens is 2. The van der Waals surface area contributed by atoms with Crippen molar-refractivity contribution in [2.45, 2.75) is 19.8 Å². The highest BCUT2D eigenvalue weighted by molar-refractivity contribution is 7.80. The number of rotatable bonds is 6. The molecule has 0 fully saturated rings. The molecule has 0 saturated carbocycles. The molecule has 0 aliphatic carbocycles. The summed E-state index contributed by atoms with van der Waals surface area (Å²) in [6.45, 7) is 2.31. The van der Waals surface area contributed by atoms with E-state index in [1.54, 1.807) is 6.20 Å².